The molecule has 2 N–H and O–H groups in total. The maximum absolute atomic E-state index is 13.2. The van der Waals surface area contributed by atoms with Gasteiger partial charge < -0.3 is 10.3 Å². The third-order valence-corrected chi connectivity index (χ3v) is 6.61. The van der Waals surface area contributed by atoms with Gasteiger partial charge in [-0.3, -0.25) is 9.59 Å². The number of nitrogens with one attached hydrogen (secondary N) is 2. The Morgan fingerprint density at radius 3 is 2.80 bits per heavy atom. The van der Waals surface area contributed by atoms with Crippen molar-refractivity contribution in [3.8, 4) is 11.1 Å². The Bertz CT molecular complexity index is 1300. The zero-order valence-corrected chi connectivity index (χ0v) is 18.1. The molecule has 0 atom stereocenters. The minimum Gasteiger partial charge on any atom is -0.325 e. The van der Waals surface area contributed by atoms with E-state index in [9.17, 15) is 14.0 Å². The first kappa shape index (κ1) is 20.6. The van der Waals surface area contributed by atoms with Crippen molar-refractivity contribution in [1.82, 2.24) is 9.97 Å². The van der Waals surface area contributed by atoms with E-state index in [1.54, 1.807) is 30.3 Å². The molecular weight excluding hydrogens is 445 g/mol. The smallest absolute Gasteiger partial charge is 0.260 e. The molecule has 0 spiro atoms. The van der Waals surface area contributed by atoms with Crippen LogP contribution in [0.1, 0.15) is 5.56 Å². The van der Waals surface area contributed by atoms with Gasteiger partial charge in [-0.25, -0.2) is 9.37 Å². The van der Waals surface area contributed by atoms with Crippen molar-refractivity contribution in [2.45, 2.75) is 12.1 Å². The highest BCUT2D eigenvalue weighted by atomic mass is 35.5. The van der Waals surface area contributed by atoms with Gasteiger partial charge in [-0.2, -0.15) is 0 Å². The maximum Gasteiger partial charge on any atom is 0.260 e. The monoisotopic (exact) mass is 459 g/mol. The van der Waals surface area contributed by atoms with Crippen molar-refractivity contribution in [2.75, 3.05) is 11.1 Å². The van der Waals surface area contributed by atoms with E-state index in [0.717, 1.165) is 22.9 Å². The Labute approximate surface area is 184 Å². The molecule has 1 amide bonds. The van der Waals surface area contributed by atoms with Crippen molar-refractivity contribution < 1.29 is 9.18 Å². The molecule has 9 heteroatoms. The van der Waals surface area contributed by atoms with Crippen molar-refractivity contribution >= 4 is 56.5 Å². The number of aromatic nitrogens is 2. The lowest BCUT2D eigenvalue weighted by atomic mass is 10.1. The summed E-state index contributed by atoms with van der Waals surface area (Å²) in [5.74, 6) is -0.488. The number of rotatable bonds is 5. The quantitative estimate of drug-likeness (QED) is 0.306. The molecule has 0 saturated heterocycles. The second kappa shape index (κ2) is 8.59. The average Bonchev–Trinajstić information content (AvgIpc) is 3.15. The lowest BCUT2D eigenvalue weighted by Crippen LogP contribution is -2.16. The van der Waals surface area contributed by atoms with E-state index >= 15 is 0 Å². The second-order valence-corrected chi connectivity index (χ2v) is 8.69. The molecule has 0 fully saturated rings. The lowest BCUT2D eigenvalue weighted by Gasteiger charge is -2.09. The third kappa shape index (κ3) is 4.26. The SMILES string of the molecule is Cc1c(Cl)cccc1NC(=O)CSc1nc2scc(-c3ccc(F)cc3)c2c(=O)[nH]1. The number of aromatic amines is 1. The van der Waals surface area contributed by atoms with Crippen LogP contribution in [0.3, 0.4) is 0 Å². The molecule has 2 aromatic carbocycles. The van der Waals surface area contributed by atoms with Crippen LogP contribution in [0.2, 0.25) is 5.02 Å². The highest BCUT2D eigenvalue weighted by Crippen LogP contribution is 2.31. The van der Waals surface area contributed by atoms with E-state index in [-0.39, 0.29) is 23.0 Å². The number of H-pyrrole nitrogens is 1. The normalized spacial score (nSPS) is 11.0. The Hall–Kier alpha value is -2.68. The lowest BCUT2D eigenvalue weighted by molar-refractivity contribution is -0.113. The number of nitrogens with zero attached hydrogens (tertiary/aromatic N) is 1. The fourth-order valence-corrected chi connectivity index (χ4v) is 4.74. The van der Waals surface area contributed by atoms with Crippen molar-refractivity contribution in [2.24, 2.45) is 0 Å². The molecule has 0 radical (unpaired) electrons. The predicted molar refractivity (Wildman–Crippen MR) is 121 cm³/mol. The highest BCUT2D eigenvalue weighted by molar-refractivity contribution is 7.99. The van der Waals surface area contributed by atoms with Crippen molar-refractivity contribution in [3.63, 3.8) is 0 Å². The summed E-state index contributed by atoms with van der Waals surface area (Å²) in [5.41, 5.74) is 2.58. The van der Waals surface area contributed by atoms with E-state index in [4.69, 9.17) is 11.6 Å². The van der Waals surface area contributed by atoms with E-state index in [2.05, 4.69) is 15.3 Å². The predicted octanol–water partition coefficient (Wildman–Crippen LogP) is 5.48. The molecule has 30 heavy (non-hydrogen) atoms. The van der Waals surface area contributed by atoms with E-state index in [1.165, 1.54) is 23.5 Å². The zero-order chi connectivity index (χ0) is 21.3. The molecule has 152 valence electrons. The third-order valence-electron chi connectivity index (χ3n) is 4.46. The van der Waals surface area contributed by atoms with Gasteiger partial charge in [0.25, 0.3) is 5.56 Å². The van der Waals surface area contributed by atoms with Gasteiger partial charge in [-0.05, 0) is 42.3 Å². The number of fused-ring (bicyclic) bond motifs is 1. The summed E-state index contributed by atoms with van der Waals surface area (Å²) < 4.78 is 13.2. The molecule has 2 aromatic heterocycles. The van der Waals surface area contributed by atoms with Crippen LogP contribution in [0, 0.1) is 12.7 Å². The van der Waals surface area contributed by atoms with E-state index in [0.29, 0.717) is 31.6 Å². The number of carbonyl (C=O) groups excluding carboxylic acids is 1. The minimum atomic E-state index is -0.338. The van der Waals surface area contributed by atoms with Crippen LogP contribution >= 0.6 is 34.7 Å². The van der Waals surface area contributed by atoms with Gasteiger partial charge >= 0.3 is 0 Å². The van der Waals surface area contributed by atoms with Crippen LogP contribution in [-0.4, -0.2) is 21.6 Å². The summed E-state index contributed by atoms with van der Waals surface area (Å²) in [4.78, 5) is 32.7. The Morgan fingerprint density at radius 2 is 2.03 bits per heavy atom. The molecule has 0 saturated carbocycles. The van der Waals surface area contributed by atoms with Crippen LogP contribution in [-0.2, 0) is 4.79 Å². The summed E-state index contributed by atoms with van der Waals surface area (Å²) in [6, 6.07) is 11.3. The largest absolute Gasteiger partial charge is 0.325 e. The summed E-state index contributed by atoms with van der Waals surface area (Å²) in [5, 5.41) is 6.02. The van der Waals surface area contributed by atoms with Gasteiger partial charge in [0, 0.05) is 21.7 Å². The molecule has 0 unspecified atom stereocenters. The molecule has 2 heterocycles. The van der Waals surface area contributed by atoms with Gasteiger partial charge in [-0.15, -0.1) is 11.3 Å². The first-order valence-corrected chi connectivity index (χ1v) is 11.1. The second-order valence-electron chi connectivity index (χ2n) is 6.46. The van der Waals surface area contributed by atoms with Crippen LogP contribution < -0.4 is 10.9 Å². The first-order chi connectivity index (χ1) is 14.4. The van der Waals surface area contributed by atoms with Gasteiger partial charge in [0.1, 0.15) is 10.6 Å². The van der Waals surface area contributed by atoms with Crippen LogP contribution in [0.5, 0.6) is 0 Å². The Balaban J connectivity index is 1.51. The topological polar surface area (TPSA) is 74.8 Å². The van der Waals surface area contributed by atoms with Gasteiger partial charge in [-0.1, -0.05) is 41.6 Å². The Morgan fingerprint density at radius 1 is 1.27 bits per heavy atom. The number of halogens is 2. The standard InChI is InChI=1S/C21H15ClFN3O2S2/c1-11-15(22)3-2-4-16(11)24-17(27)10-30-21-25-19(28)18-14(9-29-20(18)26-21)12-5-7-13(23)8-6-12/h2-9H,10H2,1H3,(H,24,27)(H,25,26,28). The van der Waals surface area contributed by atoms with Crippen LogP contribution in [0.4, 0.5) is 10.1 Å². The average molecular weight is 460 g/mol. The number of hydrogen-bond acceptors (Lipinski definition) is 5. The number of thiophene rings is 1. The maximum atomic E-state index is 13.2. The van der Waals surface area contributed by atoms with Crippen LogP contribution in [0.25, 0.3) is 21.3 Å². The molecule has 0 aliphatic carbocycles. The summed E-state index contributed by atoms with van der Waals surface area (Å²) in [6.07, 6.45) is 0. The Kier molecular flexibility index (Phi) is 5.90. The number of amides is 1. The molecular formula is C21H15ClFN3O2S2. The van der Waals surface area contributed by atoms with Gasteiger partial charge in [0.15, 0.2) is 5.16 Å². The number of benzene rings is 2. The highest BCUT2D eigenvalue weighted by Gasteiger charge is 2.14. The molecule has 4 aromatic rings. The fraction of sp³-hybridized carbons (Fsp3) is 0.0952. The van der Waals surface area contributed by atoms with Gasteiger partial charge in [0.05, 0.1) is 11.1 Å². The number of carbonyl (C=O) groups is 1. The summed E-state index contributed by atoms with van der Waals surface area (Å²) in [6.45, 7) is 1.83. The van der Waals surface area contributed by atoms with E-state index < -0.39 is 0 Å². The summed E-state index contributed by atoms with van der Waals surface area (Å²) in [7, 11) is 0. The number of thioether (sulfide) groups is 1. The first-order valence-electron chi connectivity index (χ1n) is 8.87. The number of hydrogen-bond donors (Lipinski definition) is 2. The van der Waals surface area contributed by atoms with E-state index in [1.807, 2.05) is 12.3 Å². The molecule has 0 bridgehead atoms. The molecule has 0 aliphatic rings. The fourth-order valence-electron chi connectivity index (χ4n) is 2.90. The van der Waals surface area contributed by atoms with Crippen molar-refractivity contribution in [3.05, 3.63) is 74.6 Å². The number of anilines is 1. The molecule has 0 aliphatic heterocycles. The van der Waals surface area contributed by atoms with Gasteiger partial charge in [0.2, 0.25) is 5.91 Å². The minimum absolute atomic E-state index is 0.0800. The summed E-state index contributed by atoms with van der Waals surface area (Å²) >= 11 is 8.54. The zero-order valence-electron chi connectivity index (χ0n) is 15.7. The van der Waals surface area contributed by atoms with Crippen LogP contribution in [0.15, 0.2) is 57.8 Å². The van der Waals surface area contributed by atoms with Crippen molar-refractivity contribution in [1.29, 1.82) is 0 Å². The molecule has 4 rings (SSSR count). The molecule has 5 nitrogen and oxygen atoms in total.